The second-order valence-electron chi connectivity index (χ2n) is 6.28. The number of unbranched alkanes of at least 4 members (excludes halogenated alkanes) is 2. The van der Waals surface area contributed by atoms with E-state index in [9.17, 15) is 0 Å². The van der Waals surface area contributed by atoms with Crippen LogP contribution in [-0.2, 0) is 4.74 Å². The van der Waals surface area contributed by atoms with Crippen LogP contribution < -0.4 is 10.6 Å². The summed E-state index contributed by atoms with van der Waals surface area (Å²) in [6.07, 6.45) is 12.0. The first-order chi connectivity index (χ1) is 13.0. The highest BCUT2D eigenvalue weighted by Crippen LogP contribution is 2.23. The molecule has 2 rings (SSSR count). The van der Waals surface area contributed by atoms with Crippen LogP contribution in [0.1, 0.15) is 52.4 Å². The van der Waals surface area contributed by atoms with Crippen LogP contribution >= 0.6 is 23.2 Å². The van der Waals surface area contributed by atoms with E-state index < -0.39 is 0 Å². The molecule has 1 aromatic rings. The highest BCUT2D eigenvalue weighted by atomic mass is 35.5. The van der Waals surface area contributed by atoms with Crippen molar-refractivity contribution < 1.29 is 4.74 Å². The Morgan fingerprint density at radius 3 is 2.59 bits per heavy atom. The van der Waals surface area contributed by atoms with Gasteiger partial charge in [-0.2, -0.15) is 15.0 Å². The van der Waals surface area contributed by atoms with Crippen LogP contribution in [0.3, 0.4) is 0 Å². The third-order valence-corrected chi connectivity index (χ3v) is 4.69. The summed E-state index contributed by atoms with van der Waals surface area (Å²) >= 11 is 12.3. The first-order valence-electron chi connectivity index (χ1n) is 9.32. The first-order valence-corrected chi connectivity index (χ1v) is 10.1. The van der Waals surface area contributed by atoms with E-state index in [-0.39, 0.29) is 5.28 Å². The number of halogens is 2. The average Bonchev–Trinajstić information content (AvgIpc) is 2.81. The van der Waals surface area contributed by atoms with E-state index in [4.69, 9.17) is 27.9 Å². The molecule has 0 saturated carbocycles. The molecule has 1 atom stereocenters. The molecule has 0 aliphatic heterocycles. The van der Waals surface area contributed by atoms with Crippen LogP contribution in [0, 0.1) is 0 Å². The molecular weight excluding hydrogens is 385 g/mol. The van der Waals surface area contributed by atoms with Crippen molar-refractivity contribution >= 4 is 35.1 Å². The predicted octanol–water partition coefficient (Wildman–Crippen LogP) is 5.65. The minimum atomic E-state index is 0.137. The van der Waals surface area contributed by atoms with Crippen LogP contribution in [0.5, 0.6) is 0 Å². The molecule has 8 heteroatoms. The van der Waals surface area contributed by atoms with Gasteiger partial charge in [0.2, 0.25) is 17.2 Å². The lowest BCUT2D eigenvalue weighted by Gasteiger charge is -2.17. The van der Waals surface area contributed by atoms with E-state index >= 15 is 0 Å². The van der Waals surface area contributed by atoms with Crippen molar-refractivity contribution in [2.24, 2.45) is 0 Å². The predicted molar refractivity (Wildman–Crippen MR) is 112 cm³/mol. The van der Waals surface area contributed by atoms with E-state index in [1.807, 2.05) is 12.2 Å². The summed E-state index contributed by atoms with van der Waals surface area (Å²) in [5.41, 5.74) is 0.770. The standard InChI is InChI=1S/C19H27Cl2N5O/c1-4-6-7-9-13(5-2)22-18-24-17(21)25-19(26-18)23-14-10-8-11-16(27-3)15(20)12-14/h10-13H,4-9H2,1-3H3,(H2,22,23,24,25,26). The number of aromatic nitrogens is 3. The number of methoxy groups -OCH3 is 1. The van der Waals surface area contributed by atoms with Crippen molar-refractivity contribution in [3.8, 4) is 0 Å². The maximum atomic E-state index is 6.25. The lowest BCUT2D eigenvalue weighted by atomic mass is 10.1. The topological polar surface area (TPSA) is 72.0 Å². The molecule has 6 nitrogen and oxygen atoms in total. The van der Waals surface area contributed by atoms with E-state index in [1.165, 1.54) is 19.3 Å². The summed E-state index contributed by atoms with van der Waals surface area (Å²) in [7, 11) is 1.59. The first kappa shape index (κ1) is 21.5. The molecule has 0 amide bonds. The van der Waals surface area contributed by atoms with Crippen molar-refractivity contribution in [3.63, 3.8) is 0 Å². The Morgan fingerprint density at radius 2 is 1.89 bits per heavy atom. The lowest BCUT2D eigenvalue weighted by molar-refractivity contribution is 0.303. The zero-order valence-electron chi connectivity index (χ0n) is 16.1. The van der Waals surface area contributed by atoms with Gasteiger partial charge >= 0.3 is 0 Å². The molecule has 2 N–H and O–H groups in total. The molecule has 0 saturated heterocycles. The van der Waals surface area contributed by atoms with Crippen LogP contribution in [0.15, 0.2) is 34.7 Å². The Bertz CT molecular complexity index is 718. The number of ether oxygens (including phenoxy) is 1. The zero-order chi connectivity index (χ0) is 19.6. The van der Waals surface area contributed by atoms with Gasteiger partial charge in [-0.15, -0.1) is 0 Å². The van der Waals surface area contributed by atoms with E-state index in [0.29, 0.717) is 35.2 Å². The number of hydrogen-bond acceptors (Lipinski definition) is 6. The van der Waals surface area contributed by atoms with Gasteiger partial charge in [-0.1, -0.05) is 50.8 Å². The second-order valence-corrected chi connectivity index (χ2v) is 7.03. The van der Waals surface area contributed by atoms with Crippen molar-refractivity contribution in [1.82, 2.24) is 15.0 Å². The Morgan fingerprint density at radius 1 is 1.11 bits per heavy atom. The smallest absolute Gasteiger partial charge is 0.233 e. The van der Waals surface area contributed by atoms with Crippen molar-refractivity contribution in [3.05, 3.63) is 40.0 Å². The maximum absolute atomic E-state index is 6.25. The van der Waals surface area contributed by atoms with Gasteiger partial charge in [0, 0.05) is 11.7 Å². The summed E-state index contributed by atoms with van der Waals surface area (Å²) in [4.78, 5) is 12.8. The van der Waals surface area contributed by atoms with Crippen molar-refractivity contribution in [2.75, 3.05) is 17.7 Å². The summed E-state index contributed by atoms with van der Waals surface area (Å²) in [6, 6.07) is 0.308. The monoisotopic (exact) mass is 411 g/mol. The van der Waals surface area contributed by atoms with Crippen molar-refractivity contribution in [2.45, 2.75) is 58.4 Å². The summed E-state index contributed by atoms with van der Waals surface area (Å²) < 4.78 is 5.24. The van der Waals surface area contributed by atoms with Gasteiger partial charge in [0.1, 0.15) is 5.76 Å². The van der Waals surface area contributed by atoms with E-state index in [1.54, 1.807) is 13.2 Å². The van der Waals surface area contributed by atoms with Crippen LogP contribution in [-0.4, -0.2) is 28.1 Å². The van der Waals surface area contributed by atoms with Crippen molar-refractivity contribution in [1.29, 1.82) is 0 Å². The maximum Gasteiger partial charge on any atom is 0.233 e. The highest BCUT2D eigenvalue weighted by molar-refractivity contribution is 6.32. The second kappa shape index (κ2) is 11.1. The molecule has 0 bridgehead atoms. The molecule has 0 radical (unpaired) electrons. The molecule has 1 heterocycles. The van der Waals surface area contributed by atoms with Gasteiger partial charge in [-0.25, -0.2) is 0 Å². The fourth-order valence-corrected chi connectivity index (χ4v) is 3.16. The summed E-state index contributed by atoms with van der Waals surface area (Å²) in [6.45, 7) is 4.35. The quantitative estimate of drug-likeness (QED) is 0.484. The molecule has 1 unspecified atom stereocenters. The number of hydrogen-bond donors (Lipinski definition) is 2. The van der Waals surface area contributed by atoms with Gasteiger partial charge in [-0.05, 0) is 43.0 Å². The SMILES string of the molecule is CCCCCC(CC)Nc1nc(Cl)nc(NC2=CCC=C(OC)C(Cl)=C2)n1. The average molecular weight is 412 g/mol. The number of anilines is 2. The minimum Gasteiger partial charge on any atom is -0.496 e. The minimum absolute atomic E-state index is 0.137. The largest absolute Gasteiger partial charge is 0.496 e. The van der Waals surface area contributed by atoms with E-state index in [2.05, 4.69) is 39.4 Å². The van der Waals surface area contributed by atoms with Crippen LogP contribution in [0.2, 0.25) is 5.28 Å². The third-order valence-electron chi connectivity index (χ3n) is 4.22. The van der Waals surface area contributed by atoms with Gasteiger partial charge in [0.25, 0.3) is 0 Å². The molecule has 0 spiro atoms. The van der Waals surface area contributed by atoms with Crippen LogP contribution in [0.25, 0.3) is 0 Å². The Balaban J connectivity index is 2.08. The Kier molecular flexibility index (Phi) is 8.88. The summed E-state index contributed by atoms with van der Waals surface area (Å²) in [5.74, 6) is 1.48. The zero-order valence-corrected chi connectivity index (χ0v) is 17.6. The number of nitrogens with zero attached hydrogens (tertiary/aromatic N) is 3. The van der Waals surface area contributed by atoms with Crippen LogP contribution in [0.4, 0.5) is 11.9 Å². The fraction of sp³-hybridized carbons (Fsp3) is 0.526. The number of nitrogens with one attached hydrogen (secondary N) is 2. The number of rotatable bonds is 10. The molecule has 0 fully saturated rings. The van der Waals surface area contributed by atoms with Gasteiger partial charge in [0.15, 0.2) is 0 Å². The molecule has 0 aromatic carbocycles. The molecule has 148 valence electrons. The van der Waals surface area contributed by atoms with E-state index in [0.717, 1.165) is 18.5 Å². The van der Waals surface area contributed by atoms with Gasteiger partial charge in [0.05, 0.1) is 12.1 Å². The lowest BCUT2D eigenvalue weighted by Crippen LogP contribution is -2.20. The molecule has 1 aliphatic carbocycles. The Labute approximate surface area is 171 Å². The fourth-order valence-electron chi connectivity index (χ4n) is 2.73. The highest BCUT2D eigenvalue weighted by Gasteiger charge is 2.12. The molecule has 27 heavy (non-hydrogen) atoms. The normalized spacial score (nSPS) is 15.2. The Hall–Kier alpha value is -1.79. The third kappa shape index (κ3) is 7.03. The molecular formula is C19H27Cl2N5O. The van der Waals surface area contributed by atoms with Gasteiger partial charge in [-0.3, -0.25) is 0 Å². The number of allylic oxidation sites excluding steroid dienone is 4. The summed E-state index contributed by atoms with van der Waals surface area (Å²) in [5, 5.41) is 7.16. The molecule has 1 aromatic heterocycles. The molecule has 1 aliphatic rings. The van der Waals surface area contributed by atoms with Gasteiger partial charge < -0.3 is 15.4 Å².